The molecule has 1 heterocycles. The molecule has 2 nitrogen and oxygen atoms in total. The van der Waals surface area contributed by atoms with Crippen LogP contribution in [0.25, 0.3) is 54.6 Å². The predicted molar refractivity (Wildman–Crippen MR) is 220 cm³/mol. The van der Waals surface area contributed by atoms with E-state index in [-0.39, 0.29) is 0 Å². The van der Waals surface area contributed by atoms with Gasteiger partial charge in [-0.1, -0.05) is 152 Å². The molecule has 10 rings (SSSR count). The second-order valence-electron chi connectivity index (χ2n) is 13.4. The van der Waals surface area contributed by atoms with Gasteiger partial charge in [-0.2, -0.15) is 0 Å². The van der Waals surface area contributed by atoms with E-state index in [0.717, 1.165) is 45.1 Å². The zero-order valence-corrected chi connectivity index (χ0v) is 28.4. The first-order valence-corrected chi connectivity index (χ1v) is 17.7. The van der Waals surface area contributed by atoms with Crippen LogP contribution in [0.15, 0.2) is 204 Å². The summed E-state index contributed by atoms with van der Waals surface area (Å²) in [7, 11) is 0. The van der Waals surface area contributed by atoms with Crippen molar-refractivity contribution in [3.05, 3.63) is 216 Å². The lowest BCUT2D eigenvalue weighted by atomic mass is 9.93. The third-order valence-corrected chi connectivity index (χ3v) is 10.2. The second-order valence-corrected chi connectivity index (χ2v) is 13.4. The van der Waals surface area contributed by atoms with Crippen LogP contribution in [0.1, 0.15) is 22.3 Å². The van der Waals surface area contributed by atoms with Gasteiger partial charge in [0.2, 0.25) is 0 Å². The fourth-order valence-corrected chi connectivity index (χ4v) is 7.49. The van der Waals surface area contributed by atoms with Gasteiger partial charge in [-0.15, -0.1) is 0 Å². The summed E-state index contributed by atoms with van der Waals surface area (Å²) >= 11 is 0. The Morgan fingerprint density at radius 1 is 0.231 bits per heavy atom. The van der Waals surface area contributed by atoms with Crippen molar-refractivity contribution >= 4 is 55.1 Å². The fraction of sp³-hybridized carbons (Fsp3) is 0. The van der Waals surface area contributed by atoms with Crippen molar-refractivity contribution < 1.29 is 0 Å². The second kappa shape index (κ2) is 12.5. The molecule has 1 aliphatic heterocycles. The Bertz CT molecular complexity index is 2900. The van der Waals surface area contributed by atoms with Crippen LogP contribution in [0.2, 0.25) is 0 Å². The highest BCUT2D eigenvalue weighted by molar-refractivity contribution is 6.23. The van der Waals surface area contributed by atoms with Crippen molar-refractivity contribution in [2.24, 2.45) is 9.98 Å². The molecule has 2 heteroatoms. The molecule has 9 aromatic carbocycles. The first-order valence-electron chi connectivity index (χ1n) is 17.7. The summed E-state index contributed by atoms with van der Waals surface area (Å²) in [5.74, 6) is 0. The highest BCUT2D eigenvalue weighted by Crippen LogP contribution is 2.35. The van der Waals surface area contributed by atoms with E-state index in [2.05, 4.69) is 194 Å². The van der Waals surface area contributed by atoms with Crippen LogP contribution in [-0.4, -0.2) is 11.4 Å². The molecular weight excluding hydrogens is 629 g/mol. The topological polar surface area (TPSA) is 24.7 Å². The minimum Gasteiger partial charge on any atom is -0.247 e. The number of para-hydroxylation sites is 2. The monoisotopic (exact) mass is 660 g/mol. The first-order chi connectivity index (χ1) is 25.7. The molecule has 0 radical (unpaired) electrons. The lowest BCUT2D eigenvalue weighted by molar-refractivity contribution is 1.39. The molecule has 0 fully saturated rings. The molecule has 0 aliphatic carbocycles. The molecule has 1 aliphatic rings. The van der Waals surface area contributed by atoms with Gasteiger partial charge in [0, 0.05) is 22.3 Å². The minimum atomic E-state index is 0.900. The fourth-order valence-electron chi connectivity index (χ4n) is 7.49. The highest BCUT2D eigenvalue weighted by atomic mass is 14.8. The molecule has 0 amide bonds. The van der Waals surface area contributed by atoms with Crippen molar-refractivity contribution in [3.8, 4) is 22.3 Å². The van der Waals surface area contributed by atoms with Crippen molar-refractivity contribution in [1.82, 2.24) is 0 Å². The number of nitrogens with zero attached hydrogens (tertiary/aromatic N) is 2. The van der Waals surface area contributed by atoms with E-state index < -0.39 is 0 Å². The molecule has 0 aromatic heterocycles. The maximum atomic E-state index is 5.43. The quantitative estimate of drug-likeness (QED) is 0.179. The Morgan fingerprint density at radius 3 is 1.10 bits per heavy atom. The predicted octanol–water partition coefficient (Wildman–Crippen LogP) is 13.1. The normalized spacial score (nSPS) is 12.5. The van der Waals surface area contributed by atoms with Crippen LogP contribution in [0.5, 0.6) is 0 Å². The van der Waals surface area contributed by atoms with Crippen molar-refractivity contribution in [3.63, 3.8) is 0 Å². The lowest BCUT2D eigenvalue weighted by Gasteiger charge is -2.18. The van der Waals surface area contributed by atoms with Crippen molar-refractivity contribution in [2.45, 2.75) is 0 Å². The molecule has 0 saturated carbocycles. The number of rotatable bonds is 4. The van der Waals surface area contributed by atoms with E-state index in [1.165, 1.54) is 54.6 Å². The van der Waals surface area contributed by atoms with Gasteiger partial charge in [0.05, 0.1) is 22.8 Å². The average molecular weight is 661 g/mol. The van der Waals surface area contributed by atoms with Gasteiger partial charge in [0.15, 0.2) is 0 Å². The molecule has 9 aromatic rings. The summed E-state index contributed by atoms with van der Waals surface area (Å²) in [4.78, 5) is 10.9. The average Bonchev–Trinajstić information content (AvgIpc) is 3.21. The summed E-state index contributed by atoms with van der Waals surface area (Å²) in [5, 5.41) is 7.25. The Balaban J connectivity index is 1.06. The molecule has 242 valence electrons. The van der Waals surface area contributed by atoms with Crippen molar-refractivity contribution in [1.29, 1.82) is 0 Å². The molecule has 52 heavy (non-hydrogen) atoms. The largest absolute Gasteiger partial charge is 0.247 e. The summed E-state index contributed by atoms with van der Waals surface area (Å²) in [6.07, 6.45) is 0. The Kier molecular flexibility index (Phi) is 7.18. The van der Waals surface area contributed by atoms with Crippen LogP contribution in [-0.2, 0) is 0 Å². The third-order valence-electron chi connectivity index (χ3n) is 10.2. The number of hydrogen-bond donors (Lipinski definition) is 0. The first kappa shape index (κ1) is 30.0. The number of aliphatic imine (C=N–C) groups is 2. The van der Waals surface area contributed by atoms with Gasteiger partial charge in [0.1, 0.15) is 0 Å². The summed E-state index contributed by atoms with van der Waals surface area (Å²) in [6.45, 7) is 0. The molecule has 0 N–H and O–H groups in total. The van der Waals surface area contributed by atoms with E-state index in [1.54, 1.807) is 0 Å². The van der Waals surface area contributed by atoms with Crippen LogP contribution >= 0.6 is 0 Å². The summed E-state index contributed by atoms with van der Waals surface area (Å²) in [5.41, 5.74) is 12.6. The molecule has 0 spiro atoms. The highest BCUT2D eigenvalue weighted by Gasteiger charge is 2.20. The molecule has 0 saturated heterocycles. The molecule has 0 unspecified atom stereocenters. The lowest BCUT2D eigenvalue weighted by Crippen LogP contribution is -2.10. The van der Waals surface area contributed by atoms with E-state index in [1.807, 2.05) is 0 Å². The van der Waals surface area contributed by atoms with E-state index >= 15 is 0 Å². The number of fused-ring (bicyclic) bond motifs is 5. The van der Waals surface area contributed by atoms with Gasteiger partial charge in [-0.25, -0.2) is 9.98 Å². The number of hydrogen-bond acceptors (Lipinski definition) is 2. The van der Waals surface area contributed by atoms with Gasteiger partial charge in [0.25, 0.3) is 0 Å². The molecule has 0 bridgehead atoms. The van der Waals surface area contributed by atoms with Gasteiger partial charge < -0.3 is 0 Å². The maximum Gasteiger partial charge on any atom is 0.0803 e. The molecular formula is C50H32N2. The third kappa shape index (κ3) is 5.39. The van der Waals surface area contributed by atoms with Crippen LogP contribution in [0.4, 0.5) is 11.4 Å². The van der Waals surface area contributed by atoms with E-state index in [0.29, 0.717) is 0 Å². The van der Waals surface area contributed by atoms with Crippen LogP contribution in [0.3, 0.4) is 0 Å². The zero-order valence-electron chi connectivity index (χ0n) is 28.4. The number of benzene rings is 9. The van der Waals surface area contributed by atoms with E-state index in [4.69, 9.17) is 9.98 Å². The summed E-state index contributed by atoms with van der Waals surface area (Å²) < 4.78 is 0. The van der Waals surface area contributed by atoms with E-state index in [9.17, 15) is 0 Å². The maximum absolute atomic E-state index is 5.43. The van der Waals surface area contributed by atoms with Gasteiger partial charge >= 0.3 is 0 Å². The Hall–Kier alpha value is -6.90. The minimum absolute atomic E-state index is 0.900. The van der Waals surface area contributed by atoms with Crippen LogP contribution in [0, 0.1) is 0 Å². The standard InChI is InChI=1S/C50H32N2/c1-2-10-33(11-3-1)36-20-21-41-31-43(26-24-39(41)29-36)49-45-14-6-8-16-47(45)52-50(46-15-7-9-17-48(46)51-49)44-27-25-40-30-38(22-23-42(40)32-44)37-19-18-34-12-4-5-13-35(34)28-37/h1-32H. The summed E-state index contributed by atoms with van der Waals surface area (Å²) in [6, 6.07) is 69.3. The van der Waals surface area contributed by atoms with Crippen LogP contribution < -0.4 is 0 Å². The SMILES string of the molecule is c1ccc(-c2ccc3cc(C4=Nc5ccccc5C(c5ccc6cc(-c7ccc8ccccc8c7)ccc6c5)=Nc5ccccc54)ccc3c2)cc1. The molecule has 0 atom stereocenters. The zero-order chi connectivity index (χ0) is 34.4. The smallest absolute Gasteiger partial charge is 0.0803 e. The van der Waals surface area contributed by atoms with Crippen molar-refractivity contribution in [2.75, 3.05) is 0 Å². The Labute approximate surface area is 302 Å². The Morgan fingerprint density at radius 2 is 0.577 bits per heavy atom. The van der Waals surface area contributed by atoms with Gasteiger partial charge in [-0.3, -0.25) is 0 Å². The van der Waals surface area contributed by atoms with Gasteiger partial charge in [-0.05, 0) is 97.0 Å².